The molecule has 0 saturated carbocycles. The minimum atomic E-state index is 0.300. The molecule has 0 radical (unpaired) electrons. The van der Waals surface area contributed by atoms with E-state index in [1.807, 2.05) is 47.9 Å². The number of halogens is 2. The average Bonchev–Trinajstić information content (AvgIpc) is 2.79. The van der Waals surface area contributed by atoms with Gasteiger partial charge >= 0.3 is 0 Å². The zero-order valence-corrected chi connectivity index (χ0v) is 13.6. The van der Waals surface area contributed by atoms with Gasteiger partial charge in [0.25, 0.3) is 0 Å². The van der Waals surface area contributed by atoms with Gasteiger partial charge in [-0.1, -0.05) is 23.7 Å². The standard InChI is InChI=1S/C16H11BrClN3/c1-10-8-15-20-16(11-2-4-12(18)5-3-11)14(6-7-19)21(15)9-13(10)17/h2-5,8-9H,6H2,1H3. The first kappa shape index (κ1) is 14.1. The molecule has 2 aromatic heterocycles. The molecule has 0 aliphatic carbocycles. The van der Waals surface area contributed by atoms with Crippen molar-refractivity contribution in [1.29, 1.82) is 5.26 Å². The van der Waals surface area contributed by atoms with E-state index in [2.05, 4.69) is 27.0 Å². The molecule has 0 unspecified atom stereocenters. The van der Waals surface area contributed by atoms with Crippen LogP contribution in [0.4, 0.5) is 0 Å². The summed E-state index contributed by atoms with van der Waals surface area (Å²) < 4.78 is 2.96. The Labute approximate surface area is 135 Å². The van der Waals surface area contributed by atoms with Crippen molar-refractivity contribution >= 4 is 33.2 Å². The summed E-state index contributed by atoms with van der Waals surface area (Å²) in [6.45, 7) is 2.02. The van der Waals surface area contributed by atoms with Gasteiger partial charge in [-0.25, -0.2) is 4.98 Å². The van der Waals surface area contributed by atoms with Crippen LogP contribution in [0.25, 0.3) is 16.9 Å². The topological polar surface area (TPSA) is 41.1 Å². The second-order valence-electron chi connectivity index (χ2n) is 4.78. The predicted octanol–water partition coefficient (Wildman–Crippen LogP) is 4.79. The summed E-state index contributed by atoms with van der Waals surface area (Å²) in [6, 6.07) is 11.7. The summed E-state index contributed by atoms with van der Waals surface area (Å²) in [4.78, 5) is 4.68. The number of hydrogen-bond donors (Lipinski definition) is 0. The molecule has 0 bridgehead atoms. The summed E-state index contributed by atoms with van der Waals surface area (Å²) in [5.74, 6) is 0. The van der Waals surface area contributed by atoms with E-state index in [1.165, 1.54) is 0 Å². The summed E-state index contributed by atoms with van der Waals surface area (Å²) in [6.07, 6.45) is 2.26. The summed E-state index contributed by atoms with van der Waals surface area (Å²) >= 11 is 9.46. The summed E-state index contributed by atoms with van der Waals surface area (Å²) in [5.41, 5.74) is 4.62. The fourth-order valence-corrected chi connectivity index (χ4v) is 2.74. The predicted molar refractivity (Wildman–Crippen MR) is 87.4 cm³/mol. The van der Waals surface area contributed by atoms with Gasteiger partial charge in [0, 0.05) is 21.3 Å². The van der Waals surface area contributed by atoms with E-state index in [9.17, 15) is 0 Å². The van der Waals surface area contributed by atoms with Gasteiger partial charge in [0.15, 0.2) is 0 Å². The third-order valence-corrected chi connectivity index (χ3v) is 4.45. The van der Waals surface area contributed by atoms with Gasteiger partial charge in [0.05, 0.1) is 23.9 Å². The van der Waals surface area contributed by atoms with Crippen LogP contribution >= 0.6 is 27.5 Å². The maximum Gasteiger partial charge on any atom is 0.138 e. The second kappa shape index (κ2) is 5.51. The fourth-order valence-electron chi connectivity index (χ4n) is 2.29. The molecule has 0 N–H and O–H groups in total. The van der Waals surface area contributed by atoms with Crippen molar-refractivity contribution in [2.45, 2.75) is 13.3 Å². The van der Waals surface area contributed by atoms with Gasteiger partial charge in [0.1, 0.15) is 5.65 Å². The van der Waals surface area contributed by atoms with E-state index in [0.29, 0.717) is 11.4 Å². The minimum Gasteiger partial charge on any atom is -0.301 e. The Balaban J connectivity index is 2.29. The first-order valence-corrected chi connectivity index (χ1v) is 7.57. The Morgan fingerprint density at radius 1 is 1.33 bits per heavy atom. The Morgan fingerprint density at radius 2 is 2.05 bits per heavy atom. The van der Waals surface area contributed by atoms with Gasteiger partial charge in [0.2, 0.25) is 0 Å². The van der Waals surface area contributed by atoms with Crippen LogP contribution in [0.5, 0.6) is 0 Å². The number of fused-ring (bicyclic) bond motifs is 1. The van der Waals surface area contributed by atoms with Crippen molar-refractivity contribution in [2.24, 2.45) is 0 Å². The van der Waals surface area contributed by atoms with Gasteiger partial charge in [-0.2, -0.15) is 5.26 Å². The molecule has 5 heteroatoms. The average molecular weight is 361 g/mol. The van der Waals surface area contributed by atoms with Gasteiger partial charge in [-0.3, -0.25) is 0 Å². The number of rotatable bonds is 2. The first-order chi connectivity index (χ1) is 10.1. The highest BCUT2D eigenvalue weighted by Crippen LogP contribution is 2.28. The first-order valence-electron chi connectivity index (χ1n) is 6.40. The molecule has 0 fully saturated rings. The highest BCUT2D eigenvalue weighted by atomic mass is 79.9. The van der Waals surface area contributed by atoms with Gasteiger partial charge in [-0.05, 0) is 46.6 Å². The van der Waals surface area contributed by atoms with Crippen molar-refractivity contribution in [3.05, 3.63) is 57.3 Å². The molecule has 1 aromatic carbocycles. The molecule has 0 amide bonds. The van der Waals surface area contributed by atoms with Crippen LogP contribution in [0.3, 0.4) is 0 Å². The van der Waals surface area contributed by atoms with Gasteiger partial charge < -0.3 is 4.40 Å². The molecule has 0 spiro atoms. The van der Waals surface area contributed by atoms with Crippen LogP contribution in [0.1, 0.15) is 11.3 Å². The SMILES string of the molecule is Cc1cc2nc(-c3ccc(Cl)cc3)c(CC#N)n2cc1Br. The van der Waals surface area contributed by atoms with Crippen molar-refractivity contribution in [2.75, 3.05) is 0 Å². The summed E-state index contributed by atoms with van der Waals surface area (Å²) in [5, 5.41) is 9.80. The van der Waals surface area contributed by atoms with Crippen LogP contribution in [-0.2, 0) is 6.42 Å². The van der Waals surface area contributed by atoms with E-state index in [-0.39, 0.29) is 0 Å². The number of aryl methyl sites for hydroxylation is 1. The number of nitrogens with zero attached hydrogens (tertiary/aromatic N) is 3. The van der Waals surface area contributed by atoms with Crippen molar-refractivity contribution < 1.29 is 0 Å². The smallest absolute Gasteiger partial charge is 0.138 e. The lowest BCUT2D eigenvalue weighted by atomic mass is 10.1. The third-order valence-electron chi connectivity index (χ3n) is 3.37. The lowest BCUT2D eigenvalue weighted by Crippen LogP contribution is -1.94. The number of pyridine rings is 1. The van der Waals surface area contributed by atoms with E-state index < -0.39 is 0 Å². The van der Waals surface area contributed by atoms with Crippen molar-refractivity contribution in [3.8, 4) is 17.3 Å². The van der Waals surface area contributed by atoms with Crippen LogP contribution in [-0.4, -0.2) is 9.38 Å². The van der Waals surface area contributed by atoms with E-state index in [1.54, 1.807) is 0 Å². The Kier molecular flexibility index (Phi) is 3.71. The summed E-state index contributed by atoms with van der Waals surface area (Å²) in [7, 11) is 0. The lowest BCUT2D eigenvalue weighted by Gasteiger charge is -2.03. The van der Waals surface area contributed by atoms with Crippen LogP contribution in [0.15, 0.2) is 41.0 Å². The minimum absolute atomic E-state index is 0.300. The largest absolute Gasteiger partial charge is 0.301 e. The number of nitriles is 1. The Morgan fingerprint density at radius 3 is 2.71 bits per heavy atom. The Hall–Kier alpha value is -1.83. The number of hydrogen-bond acceptors (Lipinski definition) is 2. The molecule has 0 aliphatic rings. The molecule has 104 valence electrons. The zero-order valence-electron chi connectivity index (χ0n) is 11.3. The molecule has 0 aliphatic heterocycles. The highest BCUT2D eigenvalue weighted by molar-refractivity contribution is 9.10. The van der Waals surface area contributed by atoms with Crippen molar-refractivity contribution in [3.63, 3.8) is 0 Å². The quantitative estimate of drug-likeness (QED) is 0.659. The molecule has 3 rings (SSSR count). The number of benzene rings is 1. The van der Waals surface area contributed by atoms with Gasteiger partial charge in [-0.15, -0.1) is 0 Å². The molecule has 0 atom stereocenters. The fraction of sp³-hybridized carbons (Fsp3) is 0.125. The monoisotopic (exact) mass is 359 g/mol. The normalized spacial score (nSPS) is 10.8. The Bertz CT molecular complexity index is 860. The molecular weight excluding hydrogens is 350 g/mol. The van der Waals surface area contributed by atoms with Crippen LogP contribution in [0.2, 0.25) is 5.02 Å². The second-order valence-corrected chi connectivity index (χ2v) is 6.07. The maximum atomic E-state index is 9.11. The number of aromatic nitrogens is 2. The number of imidazole rings is 1. The maximum absolute atomic E-state index is 9.11. The van der Waals surface area contributed by atoms with Crippen LogP contribution in [0, 0.1) is 18.3 Å². The molecular formula is C16H11BrClN3. The lowest BCUT2D eigenvalue weighted by molar-refractivity contribution is 1.04. The van der Waals surface area contributed by atoms with Crippen LogP contribution < -0.4 is 0 Å². The van der Waals surface area contributed by atoms with E-state index >= 15 is 0 Å². The van der Waals surface area contributed by atoms with Crippen molar-refractivity contribution in [1.82, 2.24) is 9.38 Å². The third kappa shape index (κ3) is 2.55. The molecule has 21 heavy (non-hydrogen) atoms. The molecule has 2 heterocycles. The molecule has 3 nitrogen and oxygen atoms in total. The zero-order chi connectivity index (χ0) is 15.0. The molecule has 3 aromatic rings. The van der Waals surface area contributed by atoms with E-state index in [4.69, 9.17) is 16.9 Å². The molecule has 0 saturated heterocycles. The highest BCUT2D eigenvalue weighted by Gasteiger charge is 2.14. The van der Waals surface area contributed by atoms with E-state index in [0.717, 1.165) is 32.6 Å².